The highest BCUT2D eigenvalue weighted by Crippen LogP contribution is 2.43. The predicted molar refractivity (Wildman–Crippen MR) is 167 cm³/mol. The topological polar surface area (TPSA) is 41.6 Å². The highest BCUT2D eigenvalue weighted by molar-refractivity contribution is 7.26. The van der Waals surface area contributed by atoms with Crippen LogP contribution in [0.15, 0.2) is 128 Å². The Kier molecular flexibility index (Phi) is 5.06. The highest BCUT2D eigenvalue weighted by atomic mass is 32.1. The first-order valence-corrected chi connectivity index (χ1v) is 14.0. The molecule has 8 rings (SSSR count). The Balaban J connectivity index is 1.32. The van der Waals surface area contributed by atoms with Crippen molar-refractivity contribution in [1.82, 2.24) is 9.55 Å². The largest absolute Gasteiger partial charge is 0.309 e. The molecular formula is C36H21N3S. The van der Waals surface area contributed by atoms with Crippen molar-refractivity contribution in [3.05, 3.63) is 133 Å². The van der Waals surface area contributed by atoms with Gasteiger partial charge in [-0.3, -0.25) is 4.98 Å². The second kappa shape index (κ2) is 8.91. The second-order valence-corrected chi connectivity index (χ2v) is 11.0. The average Bonchev–Trinajstić information content (AvgIpc) is 3.57. The van der Waals surface area contributed by atoms with E-state index < -0.39 is 0 Å². The Hall–Kier alpha value is -5.24. The molecule has 0 fully saturated rings. The lowest BCUT2D eigenvalue weighted by Crippen LogP contribution is -1.94. The number of nitrogens with zero attached hydrogens (tertiary/aromatic N) is 3. The van der Waals surface area contributed by atoms with Crippen molar-refractivity contribution >= 4 is 53.3 Å². The second-order valence-electron chi connectivity index (χ2n) is 9.96. The zero-order valence-corrected chi connectivity index (χ0v) is 22.2. The summed E-state index contributed by atoms with van der Waals surface area (Å²) in [4.78, 5) is 4.50. The van der Waals surface area contributed by atoms with E-state index in [0.717, 1.165) is 28.1 Å². The minimum absolute atomic E-state index is 0.562. The summed E-state index contributed by atoms with van der Waals surface area (Å²) in [5.41, 5.74) is 8.25. The summed E-state index contributed by atoms with van der Waals surface area (Å²) in [7, 11) is 0. The fourth-order valence-corrected chi connectivity index (χ4v) is 7.09. The smallest absolute Gasteiger partial charge is 0.101 e. The molecule has 3 aromatic heterocycles. The lowest BCUT2D eigenvalue weighted by Gasteiger charge is -2.11. The Bertz CT molecular complexity index is 2280. The van der Waals surface area contributed by atoms with E-state index in [4.69, 9.17) is 5.26 Å². The van der Waals surface area contributed by atoms with Gasteiger partial charge < -0.3 is 4.57 Å². The minimum Gasteiger partial charge on any atom is -0.309 e. The summed E-state index contributed by atoms with van der Waals surface area (Å²) in [5.74, 6) is 0. The third-order valence-corrected chi connectivity index (χ3v) is 8.87. The third-order valence-electron chi connectivity index (χ3n) is 7.67. The standard InChI is InChI=1S/C36H21N3S/c37-21-23-15-17-31(38-22-23)26-9-5-7-24(19-26)25-8-6-10-27(20-25)39-32-13-3-1-12-30(32)35-33(39)18-16-29-28-11-2-4-14-34(28)40-36(29)35/h1-20,22H. The van der Waals surface area contributed by atoms with E-state index >= 15 is 0 Å². The SMILES string of the molecule is N#Cc1ccc(-c2cccc(-c3cccc(-n4c5ccccc5c5c6sc7ccccc7c6ccc54)c3)c2)nc1. The number of nitriles is 1. The van der Waals surface area contributed by atoms with Gasteiger partial charge in [0.15, 0.2) is 0 Å². The molecule has 0 spiro atoms. The first-order chi connectivity index (χ1) is 19.8. The summed E-state index contributed by atoms with van der Waals surface area (Å²) < 4.78 is 5.05. The molecule has 8 aromatic rings. The summed E-state index contributed by atoms with van der Waals surface area (Å²) in [5, 5.41) is 14.3. The van der Waals surface area contributed by atoms with Crippen LogP contribution in [0.3, 0.4) is 0 Å². The quantitative estimate of drug-likeness (QED) is 0.229. The minimum atomic E-state index is 0.562. The van der Waals surface area contributed by atoms with Gasteiger partial charge in [0, 0.05) is 48.4 Å². The number of pyridine rings is 1. The van der Waals surface area contributed by atoms with Crippen LogP contribution in [-0.2, 0) is 0 Å². The monoisotopic (exact) mass is 527 g/mol. The van der Waals surface area contributed by atoms with Gasteiger partial charge in [0.2, 0.25) is 0 Å². The molecular weight excluding hydrogens is 506 g/mol. The van der Waals surface area contributed by atoms with Crippen molar-refractivity contribution in [2.75, 3.05) is 0 Å². The van der Waals surface area contributed by atoms with Gasteiger partial charge in [-0.05, 0) is 59.7 Å². The lowest BCUT2D eigenvalue weighted by molar-refractivity contribution is 1.18. The van der Waals surface area contributed by atoms with E-state index in [1.807, 2.05) is 23.5 Å². The molecule has 5 aromatic carbocycles. The molecule has 0 saturated heterocycles. The Morgan fingerprint density at radius 3 is 2.25 bits per heavy atom. The summed E-state index contributed by atoms with van der Waals surface area (Å²) in [6.45, 7) is 0. The van der Waals surface area contributed by atoms with Crippen LogP contribution in [-0.4, -0.2) is 9.55 Å². The van der Waals surface area contributed by atoms with E-state index in [-0.39, 0.29) is 0 Å². The van der Waals surface area contributed by atoms with Crippen LogP contribution in [0, 0.1) is 11.3 Å². The molecule has 0 saturated carbocycles. The van der Waals surface area contributed by atoms with Gasteiger partial charge in [-0.15, -0.1) is 11.3 Å². The average molecular weight is 528 g/mol. The van der Waals surface area contributed by atoms with Crippen LogP contribution in [0.5, 0.6) is 0 Å². The van der Waals surface area contributed by atoms with Gasteiger partial charge in [0.05, 0.1) is 22.3 Å². The van der Waals surface area contributed by atoms with E-state index in [2.05, 4.69) is 125 Å². The van der Waals surface area contributed by atoms with Crippen molar-refractivity contribution < 1.29 is 0 Å². The number of benzene rings is 5. The van der Waals surface area contributed by atoms with Gasteiger partial charge in [-0.2, -0.15) is 5.26 Å². The van der Waals surface area contributed by atoms with Crippen molar-refractivity contribution in [1.29, 1.82) is 5.26 Å². The van der Waals surface area contributed by atoms with Crippen LogP contribution in [0.4, 0.5) is 0 Å². The molecule has 0 aliphatic rings. The molecule has 3 nitrogen and oxygen atoms in total. The van der Waals surface area contributed by atoms with Crippen LogP contribution >= 0.6 is 11.3 Å². The lowest BCUT2D eigenvalue weighted by atomic mass is 10.0. The van der Waals surface area contributed by atoms with Gasteiger partial charge in [0.1, 0.15) is 6.07 Å². The Morgan fingerprint density at radius 1 is 0.625 bits per heavy atom. The fourth-order valence-electron chi connectivity index (χ4n) is 5.83. The molecule has 0 unspecified atom stereocenters. The molecule has 0 radical (unpaired) electrons. The fraction of sp³-hybridized carbons (Fsp3) is 0. The molecule has 0 aliphatic carbocycles. The molecule has 0 bridgehead atoms. The number of para-hydroxylation sites is 1. The molecule has 40 heavy (non-hydrogen) atoms. The first kappa shape index (κ1) is 22.7. The van der Waals surface area contributed by atoms with Crippen molar-refractivity contribution in [2.45, 2.75) is 0 Å². The number of rotatable bonds is 3. The zero-order chi connectivity index (χ0) is 26.6. The number of thiophene rings is 1. The number of fused-ring (bicyclic) bond motifs is 7. The summed E-state index contributed by atoms with van der Waals surface area (Å²) >= 11 is 1.88. The van der Waals surface area contributed by atoms with E-state index in [0.29, 0.717) is 5.56 Å². The summed E-state index contributed by atoms with van der Waals surface area (Å²) in [6.07, 6.45) is 1.62. The maximum Gasteiger partial charge on any atom is 0.101 e. The number of hydrogen-bond acceptors (Lipinski definition) is 3. The molecule has 186 valence electrons. The van der Waals surface area contributed by atoms with Crippen molar-refractivity contribution in [3.63, 3.8) is 0 Å². The summed E-state index contributed by atoms with van der Waals surface area (Å²) in [6, 6.07) is 45.0. The molecule has 4 heteroatoms. The molecule has 0 atom stereocenters. The van der Waals surface area contributed by atoms with Gasteiger partial charge in [-0.25, -0.2) is 0 Å². The predicted octanol–water partition coefficient (Wildman–Crippen LogP) is 9.75. The third kappa shape index (κ3) is 3.46. The molecule has 0 aliphatic heterocycles. The van der Waals surface area contributed by atoms with Crippen molar-refractivity contribution in [3.8, 4) is 34.1 Å². The van der Waals surface area contributed by atoms with Crippen LogP contribution in [0.25, 0.3) is 70.0 Å². The first-order valence-electron chi connectivity index (χ1n) is 13.2. The van der Waals surface area contributed by atoms with E-state index in [1.165, 1.54) is 42.0 Å². The molecule has 0 N–H and O–H groups in total. The maximum atomic E-state index is 9.12. The zero-order valence-electron chi connectivity index (χ0n) is 21.4. The molecule has 3 heterocycles. The maximum absolute atomic E-state index is 9.12. The Labute approximate surface area is 234 Å². The van der Waals surface area contributed by atoms with E-state index in [1.54, 1.807) is 6.20 Å². The van der Waals surface area contributed by atoms with E-state index in [9.17, 15) is 0 Å². The normalized spacial score (nSPS) is 11.5. The van der Waals surface area contributed by atoms with Crippen LogP contribution < -0.4 is 0 Å². The van der Waals surface area contributed by atoms with Crippen molar-refractivity contribution in [2.24, 2.45) is 0 Å². The molecule has 0 amide bonds. The Morgan fingerprint density at radius 2 is 1.40 bits per heavy atom. The van der Waals surface area contributed by atoms with Gasteiger partial charge in [-0.1, -0.05) is 72.8 Å². The number of hydrogen-bond donors (Lipinski definition) is 0. The van der Waals surface area contributed by atoms with Crippen LogP contribution in [0.2, 0.25) is 0 Å². The van der Waals surface area contributed by atoms with Gasteiger partial charge in [0.25, 0.3) is 0 Å². The number of aromatic nitrogens is 2. The van der Waals surface area contributed by atoms with Crippen LogP contribution in [0.1, 0.15) is 5.56 Å². The highest BCUT2D eigenvalue weighted by Gasteiger charge is 2.17. The van der Waals surface area contributed by atoms with Gasteiger partial charge >= 0.3 is 0 Å².